The fourth-order valence-electron chi connectivity index (χ4n) is 3.53. The van der Waals surface area contributed by atoms with Gasteiger partial charge in [0.15, 0.2) is 4.90 Å². The largest absolute Gasteiger partial charge is 0.612 e. The molecule has 5 nitrogen and oxygen atoms in total. The Labute approximate surface area is 170 Å². The van der Waals surface area contributed by atoms with Gasteiger partial charge in [0.1, 0.15) is 17.9 Å². The summed E-state index contributed by atoms with van der Waals surface area (Å²) >= 11 is -1.07. The SMILES string of the molecule is CCOC(=O)Cc1c2cc(F)ccc2n2c(-c3ccc([S+](C)[O-])cc3)nccc12. The normalized spacial score (nSPS) is 12.4. The molecule has 0 N–H and O–H groups in total. The Balaban J connectivity index is 1.96. The van der Waals surface area contributed by atoms with Crippen molar-refractivity contribution in [1.29, 1.82) is 0 Å². The number of halogens is 1. The van der Waals surface area contributed by atoms with Crippen LogP contribution in [0.2, 0.25) is 0 Å². The Kier molecular flexibility index (Phi) is 5.25. The second-order valence-electron chi connectivity index (χ2n) is 6.59. The molecule has 0 saturated carbocycles. The molecule has 0 bridgehead atoms. The number of hydrogen-bond donors (Lipinski definition) is 0. The Morgan fingerprint density at radius 1 is 1.17 bits per heavy atom. The fourth-order valence-corrected chi connectivity index (χ4v) is 4.05. The van der Waals surface area contributed by atoms with Crippen LogP contribution in [0.1, 0.15) is 12.5 Å². The average Bonchev–Trinajstić information content (AvgIpc) is 3.01. The van der Waals surface area contributed by atoms with Crippen molar-refractivity contribution in [1.82, 2.24) is 9.38 Å². The third kappa shape index (κ3) is 3.59. The van der Waals surface area contributed by atoms with Crippen molar-refractivity contribution < 1.29 is 18.5 Å². The Morgan fingerprint density at radius 2 is 1.93 bits per heavy atom. The molecule has 0 aliphatic heterocycles. The molecule has 0 aliphatic carbocycles. The van der Waals surface area contributed by atoms with Crippen LogP contribution in [0.5, 0.6) is 0 Å². The predicted molar refractivity (Wildman–Crippen MR) is 111 cm³/mol. The van der Waals surface area contributed by atoms with Crippen LogP contribution in [-0.2, 0) is 27.1 Å². The highest BCUT2D eigenvalue weighted by Gasteiger charge is 2.19. The summed E-state index contributed by atoms with van der Waals surface area (Å²) in [6.07, 6.45) is 3.34. The standard InChI is InChI=1S/C22H19FN2O3S/c1-3-28-21(26)13-18-17-12-15(23)6-9-19(17)25-20(18)10-11-24-22(25)14-4-7-16(8-5-14)29(2)27/h4-12H,3,13H2,1-2H3. The van der Waals surface area contributed by atoms with Crippen LogP contribution in [0.25, 0.3) is 27.8 Å². The molecule has 148 valence electrons. The summed E-state index contributed by atoms with van der Waals surface area (Å²) in [6, 6.07) is 13.6. The van der Waals surface area contributed by atoms with E-state index in [9.17, 15) is 13.7 Å². The molecule has 0 spiro atoms. The molecular formula is C22H19FN2O3S. The number of carbonyl (C=O) groups excluding carboxylic acids is 1. The monoisotopic (exact) mass is 410 g/mol. The summed E-state index contributed by atoms with van der Waals surface area (Å²) in [5.41, 5.74) is 3.06. The van der Waals surface area contributed by atoms with E-state index in [4.69, 9.17) is 4.74 Å². The molecule has 2 aromatic heterocycles. The first-order valence-electron chi connectivity index (χ1n) is 9.16. The lowest BCUT2D eigenvalue weighted by Crippen LogP contribution is -2.07. The van der Waals surface area contributed by atoms with Crippen LogP contribution < -0.4 is 0 Å². The van der Waals surface area contributed by atoms with E-state index in [1.807, 2.05) is 22.6 Å². The zero-order chi connectivity index (χ0) is 20.5. The number of benzene rings is 2. The highest BCUT2D eigenvalue weighted by atomic mass is 32.2. The van der Waals surface area contributed by atoms with Gasteiger partial charge in [0.2, 0.25) is 0 Å². The highest BCUT2D eigenvalue weighted by molar-refractivity contribution is 7.90. The van der Waals surface area contributed by atoms with Crippen LogP contribution in [-0.4, -0.2) is 32.8 Å². The molecule has 7 heteroatoms. The number of rotatable bonds is 5. The maximum absolute atomic E-state index is 14.0. The first-order valence-corrected chi connectivity index (χ1v) is 10.7. The quantitative estimate of drug-likeness (QED) is 0.366. The second-order valence-corrected chi connectivity index (χ2v) is 7.97. The molecule has 0 fully saturated rings. The van der Waals surface area contributed by atoms with Crippen LogP contribution in [0.3, 0.4) is 0 Å². The molecule has 0 saturated heterocycles. The van der Waals surface area contributed by atoms with Crippen molar-refractivity contribution >= 4 is 33.6 Å². The maximum Gasteiger partial charge on any atom is 0.310 e. The van der Waals surface area contributed by atoms with E-state index in [2.05, 4.69) is 4.98 Å². The Hall–Kier alpha value is -2.90. The molecule has 1 atom stereocenters. The summed E-state index contributed by atoms with van der Waals surface area (Å²) in [5, 5.41) is 0.651. The summed E-state index contributed by atoms with van der Waals surface area (Å²) in [4.78, 5) is 17.4. The summed E-state index contributed by atoms with van der Waals surface area (Å²) < 4.78 is 32.7. The van der Waals surface area contributed by atoms with E-state index in [1.165, 1.54) is 12.1 Å². The van der Waals surface area contributed by atoms with Gasteiger partial charge in [-0.2, -0.15) is 0 Å². The number of fused-ring (bicyclic) bond motifs is 3. The van der Waals surface area contributed by atoms with E-state index in [0.717, 1.165) is 21.5 Å². The lowest BCUT2D eigenvalue weighted by Gasteiger charge is -2.09. The second kappa shape index (κ2) is 7.85. The summed E-state index contributed by atoms with van der Waals surface area (Å²) in [5.74, 6) is -0.0789. The summed E-state index contributed by atoms with van der Waals surface area (Å²) in [6.45, 7) is 2.04. The van der Waals surface area contributed by atoms with Crippen molar-refractivity contribution in [2.75, 3.05) is 12.9 Å². The number of nitrogens with zero attached hydrogens (tertiary/aromatic N) is 2. The van der Waals surface area contributed by atoms with Gasteiger partial charge in [-0.3, -0.25) is 9.20 Å². The molecule has 0 radical (unpaired) electrons. The third-order valence-electron chi connectivity index (χ3n) is 4.79. The van der Waals surface area contributed by atoms with Crippen molar-refractivity contribution in [2.45, 2.75) is 18.2 Å². The van der Waals surface area contributed by atoms with Gasteiger partial charge in [-0.1, -0.05) is 0 Å². The van der Waals surface area contributed by atoms with Crippen LogP contribution in [0.4, 0.5) is 4.39 Å². The van der Waals surface area contributed by atoms with Gasteiger partial charge in [0.25, 0.3) is 0 Å². The molecule has 0 amide bonds. The third-order valence-corrected chi connectivity index (χ3v) is 5.72. The average molecular weight is 410 g/mol. The zero-order valence-corrected chi connectivity index (χ0v) is 16.8. The van der Waals surface area contributed by atoms with E-state index >= 15 is 0 Å². The Bertz CT molecular complexity index is 1200. The Morgan fingerprint density at radius 3 is 2.62 bits per heavy atom. The van der Waals surface area contributed by atoms with Gasteiger partial charge in [-0.25, -0.2) is 9.37 Å². The molecule has 4 rings (SSSR count). The first-order chi connectivity index (χ1) is 14.0. The number of esters is 1. The van der Waals surface area contributed by atoms with Gasteiger partial charge in [-0.15, -0.1) is 0 Å². The topological polar surface area (TPSA) is 66.7 Å². The number of ether oxygens (including phenoxy) is 1. The van der Waals surface area contributed by atoms with Crippen LogP contribution >= 0.6 is 0 Å². The van der Waals surface area contributed by atoms with Gasteiger partial charge >= 0.3 is 5.97 Å². The summed E-state index contributed by atoms with van der Waals surface area (Å²) in [7, 11) is 0. The first kappa shape index (κ1) is 19.4. The van der Waals surface area contributed by atoms with Gasteiger partial charge in [0.05, 0.1) is 24.1 Å². The maximum atomic E-state index is 14.0. The number of hydrogen-bond acceptors (Lipinski definition) is 4. The van der Waals surface area contributed by atoms with Crippen molar-refractivity contribution in [3.05, 3.63) is 66.1 Å². The minimum atomic E-state index is -1.07. The molecular weight excluding hydrogens is 391 g/mol. The number of carbonyl (C=O) groups is 1. The van der Waals surface area contributed by atoms with E-state index in [-0.39, 0.29) is 24.8 Å². The molecule has 29 heavy (non-hydrogen) atoms. The van der Waals surface area contributed by atoms with Crippen LogP contribution in [0, 0.1) is 5.82 Å². The minimum Gasteiger partial charge on any atom is -0.612 e. The fraction of sp³-hybridized carbons (Fsp3) is 0.182. The lowest BCUT2D eigenvalue weighted by molar-refractivity contribution is -0.142. The minimum absolute atomic E-state index is 0.0432. The zero-order valence-electron chi connectivity index (χ0n) is 16.0. The molecule has 0 aliphatic rings. The highest BCUT2D eigenvalue weighted by Crippen LogP contribution is 2.32. The lowest BCUT2D eigenvalue weighted by atomic mass is 10.1. The van der Waals surface area contributed by atoms with Crippen molar-refractivity contribution in [2.24, 2.45) is 0 Å². The smallest absolute Gasteiger partial charge is 0.310 e. The van der Waals surface area contributed by atoms with Gasteiger partial charge < -0.3 is 9.29 Å². The molecule has 4 aromatic rings. The van der Waals surface area contributed by atoms with Gasteiger partial charge in [0, 0.05) is 17.1 Å². The van der Waals surface area contributed by atoms with E-state index in [0.29, 0.717) is 16.8 Å². The van der Waals surface area contributed by atoms with Gasteiger partial charge in [-0.05, 0) is 72.2 Å². The predicted octanol–water partition coefficient (Wildman–Crippen LogP) is 4.14. The van der Waals surface area contributed by atoms with Crippen molar-refractivity contribution in [3.63, 3.8) is 0 Å². The van der Waals surface area contributed by atoms with E-state index < -0.39 is 11.2 Å². The van der Waals surface area contributed by atoms with E-state index in [1.54, 1.807) is 37.6 Å². The van der Waals surface area contributed by atoms with Crippen molar-refractivity contribution in [3.8, 4) is 11.4 Å². The number of aromatic nitrogens is 2. The van der Waals surface area contributed by atoms with Crippen LogP contribution in [0.15, 0.2) is 59.6 Å². The molecule has 2 aromatic carbocycles. The molecule has 1 unspecified atom stereocenters. The molecule has 2 heterocycles.